The van der Waals surface area contributed by atoms with Gasteiger partial charge in [-0.1, -0.05) is 78.1 Å². The van der Waals surface area contributed by atoms with E-state index in [4.69, 9.17) is 15.3 Å². The largest absolute Gasteiger partial charge is 0.507 e. The number of hydrogen-bond acceptors (Lipinski definition) is 9. The Bertz CT molecular complexity index is 1240. The summed E-state index contributed by atoms with van der Waals surface area (Å²) in [6.07, 6.45) is 13.0. The molecule has 242 valence electrons. The summed E-state index contributed by atoms with van der Waals surface area (Å²) >= 11 is 0. The van der Waals surface area contributed by atoms with E-state index in [-0.39, 0.29) is 10.6 Å². The highest BCUT2D eigenvalue weighted by Gasteiger charge is 2.32. The lowest BCUT2D eigenvalue weighted by Crippen LogP contribution is -2.55. The first-order valence-corrected chi connectivity index (χ1v) is 15.3. The first kappa shape index (κ1) is 35.9. The Kier molecular flexibility index (Phi) is 16.1. The smallest absolute Gasteiger partial charge is 0.339 e. The minimum Gasteiger partial charge on any atom is -0.507 e. The van der Waals surface area contributed by atoms with Crippen LogP contribution in [0.2, 0.25) is 0 Å². The number of nitrogens with zero attached hydrogens (tertiary/aromatic N) is 1. The average molecular weight is 615 g/mol. The lowest BCUT2D eigenvalue weighted by molar-refractivity contribution is -0.145. The van der Waals surface area contributed by atoms with Crippen molar-refractivity contribution in [3.05, 3.63) is 47.5 Å². The monoisotopic (exact) mass is 614 g/mol. The number of hydrazine groups is 2. The van der Waals surface area contributed by atoms with Gasteiger partial charge in [0.2, 0.25) is 0 Å². The van der Waals surface area contributed by atoms with E-state index in [0.717, 1.165) is 44.9 Å². The molecule has 0 bridgehead atoms. The van der Waals surface area contributed by atoms with Crippen molar-refractivity contribution < 1.29 is 38.9 Å². The number of amides is 4. The Morgan fingerprint density at radius 2 is 1.16 bits per heavy atom. The van der Waals surface area contributed by atoms with Gasteiger partial charge in [-0.3, -0.25) is 30.0 Å². The van der Waals surface area contributed by atoms with Crippen molar-refractivity contribution in [1.82, 2.24) is 15.9 Å². The zero-order chi connectivity index (χ0) is 32.3. The van der Waals surface area contributed by atoms with E-state index >= 15 is 0 Å². The lowest BCUT2D eigenvalue weighted by Gasteiger charge is -2.21. The summed E-state index contributed by atoms with van der Waals surface area (Å²) in [5.41, 5.74) is 2.95. The molecule has 2 aromatic rings. The number of ether oxygens (including phenoxy) is 2. The molecule has 0 atom stereocenters. The van der Waals surface area contributed by atoms with Crippen molar-refractivity contribution in [2.24, 2.45) is 5.84 Å². The van der Waals surface area contributed by atoms with Crippen LogP contribution in [0.5, 0.6) is 23.0 Å². The van der Waals surface area contributed by atoms with Crippen LogP contribution < -0.4 is 26.2 Å². The normalized spacial score (nSPS) is 10.6. The average Bonchev–Trinajstić information content (AvgIpc) is 3.01. The zero-order valence-corrected chi connectivity index (χ0v) is 25.7. The predicted octanol–water partition coefficient (Wildman–Crippen LogP) is 4.88. The summed E-state index contributed by atoms with van der Waals surface area (Å²) in [6, 6.07) is 7.78. The molecule has 12 heteroatoms. The Labute approximate surface area is 258 Å². The fourth-order valence-electron chi connectivity index (χ4n) is 4.36. The van der Waals surface area contributed by atoms with Gasteiger partial charge in [-0.15, -0.1) is 0 Å². The summed E-state index contributed by atoms with van der Waals surface area (Å²) in [4.78, 5) is 50.9. The number of hydrogen-bond donors (Lipinski definition) is 5. The number of benzene rings is 2. The van der Waals surface area contributed by atoms with Crippen molar-refractivity contribution in [2.45, 2.75) is 90.9 Å². The van der Waals surface area contributed by atoms with Crippen molar-refractivity contribution in [1.29, 1.82) is 0 Å². The molecule has 12 nitrogen and oxygen atoms in total. The SMILES string of the molecule is CCCCCCCCOc1ccc(C(=O)NN(C(=O)C(=O)NN)C(=O)c2ccc(OCCCCCCCC)cc2O)c(O)c1. The minimum absolute atomic E-state index is 0.110. The number of rotatable bonds is 18. The predicted molar refractivity (Wildman–Crippen MR) is 165 cm³/mol. The summed E-state index contributed by atoms with van der Waals surface area (Å²) in [5, 5.41) is 21.1. The number of phenolic OH excluding ortho intramolecular Hbond substituents is 2. The standard InChI is InChI=1S/C32H46N4O8/c1-3-5-7-9-11-13-19-43-23-15-17-25(27(37)21-23)29(39)35-36(32(42)30(40)34-33)31(41)26-18-16-24(22-28(26)38)44-20-14-12-10-8-6-4-2/h15-18,21-22,37-38H,3-14,19-20,33H2,1-2H3,(H,34,40)(H,35,39). The van der Waals surface area contributed by atoms with Crippen LogP contribution >= 0.6 is 0 Å². The fourth-order valence-corrected chi connectivity index (χ4v) is 4.36. The van der Waals surface area contributed by atoms with Gasteiger partial charge in [0.05, 0.1) is 24.3 Å². The third-order valence-corrected chi connectivity index (χ3v) is 6.89. The molecular formula is C32H46N4O8. The zero-order valence-electron chi connectivity index (χ0n) is 25.7. The van der Waals surface area contributed by atoms with E-state index in [9.17, 15) is 29.4 Å². The Morgan fingerprint density at radius 1 is 0.705 bits per heavy atom. The number of carbonyl (C=O) groups is 4. The minimum atomic E-state index is -1.52. The van der Waals surface area contributed by atoms with Crippen LogP contribution in [0.4, 0.5) is 0 Å². The molecule has 0 spiro atoms. The topological polar surface area (TPSA) is 181 Å². The molecule has 6 N–H and O–H groups in total. The molecule has 44 heavy (non-hydrogen) atoms. The first-order valence-electron chi connectivity index (χ1n) is 15.3. The Morgan fingerprint density at radius 3 is 1.61 bits per heavy atom. The Balaban J connectivity index is 2.07. The lowest BCUT2D eigenvalue weighted by atomic mass is 10.1. The molecule has 0 aliphatic carbocycles. The van der Waals surface area contributed by atoms with E-state index in [2.05, 4.69) is 13.8 Å². The summed E-state index contributed by atoms with van der Waals surface area (Å²) in [5.74, 6) is -0.521. The number of imide groups is 1. The van der Waals surface area contributed by atoms with Gasteiger partial charge in [0.15, 0.2) is 0 Å². The number of nitrogens with one attached hydrogen (secondary N) is 2. The fraction of sp³-hybridized carbons (Fsp3) is 0.500. The molecule has 2 aromatic carbocycles. The van der Waals surface area contributed by atoms with Crippen LogP contribution in [-0.2, 0) is 9.59 Å². The van der Waals surface area contributed by atoms with Crippen molar-refractivity contribution in [2.75, 3.05) is 13.2 Å². The van der Waals surface area contributed by atoms with E-state index in [1.54, 1.807) is 5.43 Å². The van der Waals surface area contributed by atoms with Gasteiger partial charge in [0.1, 0.15) is 23.0 Å². The molecular weight excluding hydrogens is 568 g/mol. The molecule has 0 unspecified atom stereocenters. The second-order valence-corrected chi connectivity index (χ2v) is 10.5. The van der Waals surface area contributed by atoms with Crippen LogP contribution in [0.1, 0.15) is 112 Å². The highest BCUT2D eigenvalue weighted by atomic mass is 16.5. The molecule has 0 fully saturated rings. The maximum atomic E-state index is 13.2. The third kappa shape index (κ3) is 11.8. The third-order valence-electron chi connectivity index (χ3n) is 6.89. The molecule has 0 saturated heterocycles. The maximum absolute atomic E-state index is 13.2. The van der Waals surface area contributed by atoms with Gasteiger partial charge in [0.25, 0.3) is 11.8 Å². The van der Waals surface area contributed by atoms with Crippen molar-refractivity contribution >= 4 is 23.6 Å². The first-order chi connectivity index (χ1) is 21.2. The summed E-state index contributed by atoms with van der Waals surface area (Å²) < 4.78 is 11.3. The van der Waals surface area contributed by atoms with E-state index in [1.165, 1.54) is 68.5 Å². The summed E-state index contributed by atoms with van der Waals surface area (Å²) in [6.45, 7) is 5.16. The van der Waals surface area contributed by atoms with Gasteiger partial charge >= 0.3 is 11.8 Å². The van der Waals surface area contributed by atoms with Gasteiger partial charge in [0, 0.05) is 12.1 Å². The van der Waals surface area contributed by atoms with Crippen molar-refractivity contribution in [3.8, 4) is 23.0 Å². The van der Waals surface area contributed by atoms with Gasteiger partial charge in [-0.25, -0.2) is 5.84 Å². The van der Waals surface area contributed by atoms with Crippen LogP contribution in [0, 0.1) is 0 Å². The number of unbranched alkanes of at least 4 members (excludes halogenated alkanes) is 10. The van der Waals surface area contributed by atoms with Crippen LogP contribution in [0.3, 0.4) is 0 Å². The van der Waals surface area contributed by atoms with Crippen LogP contribution in [-0.4, -0.2) is 52.1 Å². The maximum Gasteiger partial charge on any atom is 0.339 e. The van der Waals surface area contributed by atoms with Gasteiger partial charge in [-0.2, -0.15) is 5.01 Å². The van der Waals surface area contributed by atoms with Gasteiger partial charge < -0.3 is 19.7 Å². The molecule has 2 rings (SSSR count). The molecule has 0 heterocycles. The highest BCUT2D eigenvalue weighted by molar-refractivity contribution is 6.38. The number of carbonyl (C=O) groups excluding carboxylic acids is 4. The molecule has 0 radical (unpaired) electrons. The molecule has 0 aliphatic heterocycles. The number of nitrogens with two attached hydrogens (primary N) is 1. The molecule has 4 amide bonds. The van der Waals surface area contributed by atoms with Crippen LogP contribution in [0.25, 0.3) is 0 Å². The quantitative estimate of drug-likeness (QED) is 0.0514. The van der Waals surface area contributed by atoms with Crippen molar-refractivity contribution in [3.63, 3.8) is 0 Å². The second-order valence-electron chi connectivity index (χ2n) is 10.5. The summed E-state index contributed by atoms with van der Waals surface area (Å²) in [7, 11) is 0. The molecule has 0 aliphatic rings. The van der Waals surface area contributed by atoms with Crippen LogP contribution in [0.15, 0.2) is 36.4 Å². The molecule has 0 saturated carbocycles. The van der Waals surface area contributed by atoms with E-state index in [1.807, 2.05) is 5.43 Å². The number of phenols is 2. The Hall–Kier alpha value is -4.32. The van der Waals surface area contributed by atoms with E-state index < -0.39 is 40.7 Å². The van der Waals surface area contributed by atoms with E-state index in [0.29, 0.717) is 24.7 Å². The van der Waals surface area contributed by atoms with Gasteiger partial charge in [-0.05, 0) is 37.1 Å². The second kappa shape index (κ2) is 19.8. The number of aromatic hydroxyl groups is 2. The molecule has 0 aromatic heterocycles. The highest BCUT2D eigenvalue weighted by Crippen LogP contribution is 2.27.